The molecule has 0 radical (unpaired) electrons. The molecule has 0 heterocycles. The second-order valence-electron chi connectivity index (χ2n) is 7.16. The molecule has 0 saturated heterocycles. The van der Waals surface area contributed by atoms with E-state index in [4.69, 9.17) is 4.74 Å². The number of benzene rings is 2. The third kappa shape index (κ3) is 6.72. The number of carbonyl (C=O) groups excluding carboxylic acids is 2. The molecule has 0 aliphatic heterocycles. The van der Waals surface area contributed by atoms with E-state index in [0.29, 0.717) is 23.5 Å². The SMILES string of the molecule is COc1ccccc1C(=O)NC(CCSC)C(=O)NCc1ccc(S(=O)(=O)N(C)C)cc1. The van der Waals surface area contributed by atoms with E-state index in [2.05, 4.69) is 10.6 Å². The Bertz CT molecular complexity index is 1020. The molecule has 0 aliphatic rings. The Morgan fingerprint density at radius 3 is 2.34 bits per heavy atom. The van der Waals surface area contributed by atoms with E-state index in [0.717, 1.165) is 9.87 Å². The Balaban J connectivity index is 2.05. The molecule has 1 atom stereocenters. The van der Waals surface area contributed by atoms with Gasteiger partial charge in [0.15, 0.2) is 0 Å². The molecule has 174 valence electrons. The lowest BCUT2D eigenvalue weighted by molar-refractivity contribution is -0.123. The van der Waals surface area contributed by atoms with Gasteiger partial charge in [0.1, 0.15) is 11.8 Å². The lowest BCUT2D eigenvalue weighted by Crippen LogP contribution is -2.47. The predicted octanol–water partition coefficient (Wildman–Crippen LogP) is 2.11. The maximum absolute atomic E-state index is 12.8. The summed E-state index contributed by atoms with van der Waals surface area (Å²) in [5, 5.41) is 5.61. The highest BCUT2D eigenvalue weighted by atomic mass is 32.2. The van der Waals surface area contributed by atoms with Crippen molar-refractivity contribution < 1.29 is 22.7 Å². The van der Waals surface area contributed by atoms with Gasteiger partial charge in [-0.05, 0) is 48.3 Å². The van der Waals surface area contributed by atoms with E-state index in [1.807, 2.05) is 6.26 Å². The first-order valence-electron chi connectivity index (χ1n) is 9.92. The first-order chi connectivity index (χ1) is 15.2. The molecular weight excluding hydrogens is 450 g/mol. The summed E-state index contributed by atoms with van der Waals surface area (Å²) in [6.45, 7) is 0.210. The van der Waals surface area contributed by atoms with Gasteiger partial charge in [0.25, 0.3) is 5.91 Å². The Labute approximate surface area is 193 Å². The molecule has 2 rings (SSSR count). The predicted molar refractivity (Wildman–Crippen MR) is 126 cm³/mol. The molecule has 0 saturated carbocycles. The number of carbonyl (C=O) groups is 2. The molecule has 2 amide bonds. The van der Waals surface area contributed by atoms with Crippen molar-refractivity contribution in [2.75, 3.05) is 33.2 Å². The van der Waals surface area contributed by atoms with Crippen LogP contribution < -0.4 is 15.4 Å². The summed E-state index contributed by atoms with van der Waals surface area (Å²) >= 11 is 1.58. The van der Waals surface area contributed by atoms with Gasteiger partial charge in [0, 0.05) is 20.6 Å². The molecular formula is C22H29N3O5S2. The van der Waals surface area contributed by atoms with Crippen molar-refractivity contribution in [2.45, 2.75) is 23.9 Å². The van der Waals surface area contributed by atoms with Gasteiger partial charge < -0.3 is 15.4 Å². The summed E-state index contributed by atoms with van der Waals surface area (Å²) in [5.74, 6) is 0.428. The average Bonchev–Trinajstić information content (AvgIpc) is 2.80. The number of nitrogens with one attached hydrogen (secondary N) is 2. The van der Waals surface area contributed by atoms with E-state index < -0.39 is 16.1 Å². The van der Waals surface area contributed by atoms with Crippen molar-refractivity contribution in [1.29, 1.82) is 0 Å². The van der Waals surface area contributed by atoms with Gasteiger partial charge in [0.2, 0.25) is 15.9 Å². The number of rotatable bonds is 11. The van der Waals surface area contributed by atoms with Crippen molar-refractivity contribution >= 4 is 33.6 Å². The quantitative estimate of drug-likeness (QED) is 0.512. The minimum atomic E-state index is -3.51. The largest absolute Gasteiger partial charge is 0.496 e. The van der Waals surface area contributed by atoms with Crippen LogP contribution in [0.3, 0.4) is 0 Å². The fourth-order valence-electron chi connectivity index (χ4n) is 2.88. The summed E-state index contributed by atoms with van der Waals surface area (Å²) in [7, 11) is 0.916. The fraction of sp³-hybridized carbons (Fsp3) is 0.364. The number of ether oxygens (including phenoxy) is 1. The highest BCUT2D eigenvalue weighted by molar-refractivity contribution is 7.98. The second kappa shape index (κ2) is 11.9. The number of hydrogen-bond donors (Lipinski definition) is 2. The lowest BCUT2D eigenvalue weighted by atomic mass is 10.1. The maximum atomic E-state index is 12.8. The van der Waals surface area contributed by atoms with Gasteiger partial charge in [-0.15, -0.1) is 0 Å². The van der Waals surface area contributed by atoms with Crippen molar-refractivity contribution in [1.82, 2.24) is 14.9 Å². The average molecular weight is 480 g/mol. The number of hydrogen-bond acceptors (Lipinski definition) is 6. The maximum Gasteiger partial charge on any atom is 0.255 e. The molecule has 32 heavy (non-hydrogen) atoms. The van der Waals surface area contributed by atoms with Crippen LogP contribution in [0.5, 0.6) is 5.75 Å². The van der Waals surface area contributed by atoms with Gasteiger partial charge in [-0.2, -0.15) is 11.8 Å². The Kier molecular flexibility index (Phi) is 9.55. The number of para-hydroxylation sites is 1. The summed E-state index contributed by atoms with van der Waals surface area (Å²) in [5.41, 5.74) is 1.10. The zero-order valence-electron chi connectivity index (χ0n) is 18.6. The van der Waals surface area contributed by atoms with Crippen molar-refractivity contribution in [2.24, 2.45) is 0 Å². The zero-order chi connectivity index (χ0) is 23.7. The standard InChI is InChI=1S/C22H29N3O5S2/c1-25(2)32(28,29)17-11-9-16(10-12-17)15-23-22(27)19(13-14-31-4)24-21(26)18-7-5-6-8-20(18)30-3/h5-12,19H,13-15H2,1-4H3,(H,23,27)(H,24,26). The third-order valence-corrected chi connectivity index (χ3v) is 7.23. The molecule has 0 fully saturated rings. The van der Waals surface area contributed by atoms with E-state index in [9.17, 15) is 18.0 Å². The zero-order valence-corrected chi connectivity index (χ0v) is 20.3. The number of nitrogens with zero attached hydrogens (tertiary/aromatic N) is 1. The number of sulfonamides is 1. The first kappa shape index (κ1) is 25.7. The van der Waals surface area contributed by atoms with E-state index in [-0.39, 0.29) is 23.3 Å². The smallest absolute Gasteiger partial charge is 0.255 e. The molecule has 10 heteroatoms. The van der Waals surface area contributed by atoms with E-state index in [1.54, 1.807) is 48.2 Å². The summed E-state index contributed by atoms with van der Waals surface area (Å²) < 4.78 is 30.7. The van der Waals surface area contributed by atoms with Gasteiger partial charge in [-0.1, -0.05) is 24.3 Å². The molecule has 0 spiro atoms. The van der Waals surface area contributed by atoms with Crippen LogP contribution in [0.2, 0.25) is 0 Å². The minimum Gasteiger partial charge on any atom is -0.496 e. The van der Waals surface area contributed by atoms with Crippen LogP contribution in [0.4, 0.5) is 0 Å². The summed E-state index contributed by atoms with van der Waals surface area (Å²) in [6, 6.07) is 12.4. The van der Waals surface area contributed by atoms with Gasteiger partial charge >= 0.3 is 0 Å². The van der Waals surface area contributed by atoms with Crippen LogP contribution in [0.15, 0.2) is 53.4 Å². The Hall–Kier alpha value is -2.56. The molecule has 1 unspecified atom stereocenters. The summed E-state index contributed by atoms with van der Waals surface area (Å²) in [4.78, 5) is 25.7. The van der Waals surface area contributed by atoms with Crippen LogP contribution in [0, 0.1) is 0 Å². The van der Waals surface area contributed by atoms with Crippen LogP contribution >= 0.6 is 11.8 Å². The summed E-state index contributed by atoms with van der Waals surface area (Å²) in [6.07, 6.45) is 2.40. The molecule has 0 bridgehead atoms. The molecule has 0 aromatic heterocycles. The first-order valence-corrected chi connectivity index (χ1v) is 12.8. The monoisotopic (exact) mass is 479 g/mol. The third-order valence-electron chi connectivity index (χ3n) is 4.75. The molecule has 2 aromatic rings. The lowest BCUT2D eigenvalue weighted by Gasteiger charge is -2.19. The Morgan fingerprint density at radius 2 is 1.75 bits per heavy atom. The Morgan fingerprint density at radius 1 is 1.09 bits per heavy atom. The van der Waals surface area contributed by atoms with Crippen LogP contribution in [0.25, 0.3) is 0 Å². The van der Waals surface area contributed by atoms with E-state index >= 15 is 0 Å². The topological polar surface area (TPSA) is 105 Å². The van der Waals surface area contributed by atoms with Gasteiger partial charge in [-0.25, -0.2) is 12.7 Å². The van der Waals surface area contributed by atoms with Crippen molar-refractivity contribution in [3.8, 4) is 5.75 Å². The number of amides is 2. The molecule has 0 aliphatic carbocycles. The highest BCUT2D eigenvalue weighted by Crippen LogP contribution is 2.18. The molecule has 2 aromatic carbocycles. The fourth-order valence-corrected chi connectivity index (χ4v) is 4.25. The molecule has 2 N–H and O–H groups in total. The van der Waals surface area contributed by atoms with Crippen LogP contribution in [-0.4, -0.2) is 63.8 Å². The van der Waals surface area contributed by atoms with Crippen LogP contribution in [0.1, 0.15) is 22.3 Å². The second-order valence-corrected chi connectivity index (χ2v) is 10.3. The normalized spacial score (nSPS) is 12.3. The van der Waals surface area contributed by atoms with E-state index in [1.165, 1.54) is 33.3 Å². The minimum absolute atomic E-state index is 0.180. The highest BCUT2D eigenvalue weighted by Gasteiger charge is 2.23. The van der Waals surface area contributed by atoms with Crippen molar-refractivity contribution in [3.05, 3.63) is 59.7 Å². The van der Waals surface area contributed by atoms with Gasteiger partial charge in [-0.3, -0.25) is 9.59 Å². The van der Waals surface area contributed by atoms with Gasteiger partial charge in [0.05, 0.1) is 17.6 Å². The van der Waals surface area contributed by atoms with Crippen LogP contribution in [-0.2, 0) is 21.4 Å². The number of methoxy groups -OCH3 is 1. The number of thioether (sulfide) groups is 1. The molecule has 8 nitrogen and oxygen atoms in total. The van der Waals surface area contributed by atoms with Crippen molar-refractivity contribution in [3.63, 3.8) is 0 Å².